The van der Waals surface area contributed by atoms with E-state index in [-0.39, 0.29) is 6.61 Å². The number of esters is 1. The number of alkyl halides is 3. The maximum Gasteiger partial charge on any atom is 0.423 e. The fourth-order valence-electron chi connectivity index (χ4n) is 2.25. The fourth-order valence-corrected chi connectivity index (χ4v) is 2.25. The van der Waals surface area contributed by atoms with Gasteiger partial charge in [-0.15, -0.1) is 0 Å². The molecule has 1 aromatic rings. The third-order valence-corrected chi connectivity index (χ3v) is 3.20. The fraction of sp³-hybridized carbons (Fsp3) is 0.357. The molecule has 0 radical (unpaired) electrons. The lowest BCUT2D eigenvalue weighted by atomic mass is 9.94. The molecule has 0 amide bonds. The van der Waals surface area contributed by atoms with Crippen LogP contribution in [0.25, 0.3) is 0 Å². The van der Waals surface area contributed by atoms with Crippen LogP contribution in [0.3, 0.4) is 0 Å². The summed E-state index contributed by atoms with van der Waals surface area (Å²) in [4.78, 5) is 12.9. The van der Waals surface area contributed by atoms with Crippen molar-refractivity contribution in [2.45, 2.75) is 25.1 Å². The van der Waals surface area contributed by atoms with Gasteiger partial charge in [0.1, 0.15) is 0 Å². The number of benzene rings is 1. The molecular formula is C14H14F3NO2. The summed E-state index contributed by atoms with van der Waals surface area (Å²) in [6, 6.07) is 7.98. The Kier molecular flexibility index (Phi) is 3.74. The predicted octanol–water partition coefficient (Wildman–Crippen LogP) is 3.27. The maximum atomic E-state index is 13.5. The van der Waals surface area contributed by atoms with Crippen LogP contribution in [-0.4, -0.2) is 24.3 Å². The first kappa shape index (κ1) is 14.4. The van der Waals surface area contributed by atoms with E-state index < -0.39 is 24.1 Å². The number of hydrogen-bond acceptors (Lipinski definition) is 3. The largest absolute Gasteiger partial charge is 0.464 e. The molecule has 3 nitrogen and oxygen atoms in total. The molecule has 20 heavy (non-hydrogen) atoms. The lowest BCUT2D eigenvalue weighted by Crippen LogP contribution is -2.61. The zero-order valence-electron chi connectivity index (χ0n) is 10.9. The molecule has 108 valence electrons. The molecule has 0 bridgehead atoms. The summed E-state index contributed by atoms with van der Waals surface area (Å²) >= 11 is 0. The van der Waals surface area contributed by atoms with Crippen LogP contribution in [0, 0.1) is 0 Å². The summed E-state index contributed by atoms with van der Waals surface area (Å²) in [5.74, 6) is -1.28. The van der Waals surface area contributed by atoms with Crippen molar-refractivity contribution in [1.82, 2.24) is 0 Å². The van der Waals surface area contributed by atoms with Crippen LogP contribution in [0.1, 0.15) is 13.3 Å². The Labute approximate surface area is 114 Å². The van der Waals surface area contributed by atoms with Crippen molar-refractivity contribution in [3.8, 4) is 0 Å². The molecule has 1 heterocycles. The van der Waals surface area contributed by atoms with Gasteiger partial charge in [0.05, 0.1) is 6.61 Å². The van der Waals surface area contributed by atoms with E-state index in [0.29, 0.717) is 5.69 Å². The second-order valence-corrected chi connectivity index (χ2v) is 4.37. The highest BCUT2D eigenvalue weighted by Gasteiger charge is 2.66. The summed E-state index contributed by atoms with van der Waals surface area (Å²) in [5.41, 5.74) is -2.38. The highest BCUT2D eigenvalue weighted by molar-refractivity contribution is 5.88. The average Bonchev–Trinajstić information content (AvgIpc) is 2.85. The monoisotopic (exact) mass is 285 g/mol. The standard InChI is InChI=1S/C14H14F3NO2/c1-2-20-12(19)13(14(15,16)17)9-6-10-18(13)11-7-4-3-5-8-11/h3-8,10H,2,9H2,1H3/t13-/m1/s1. The number of ether oxygens (including phenoxy) is 1. The van der Waals surface area contributed by atoms with Crippen LogP contribution in [0.4, 0.5) is 18.9 Å². The van der Waals surface area contributed by atoms with Crippen molar-refractivity contribution >= 4 is 11.7 Å². The molecule has 0 saturated heterocycles. The van der Waals surface area contributed by atoms with Gasteiger partial charge in [-0.1, -0.05) is 24.3 Å². The number of rotatable bonds is 3. The lowest BCUT2D eigenvalue weighted by Gasteiger charge is -2.38. The molecule has 1 atom stereocenters. The van der Waals surface area contributed by atoms with Crippen molar-refractivity contribution in [2.24, 2.45) is 0 Å². The SMILES string of the molecule is CCOC(=O)[C@@]1(C(F)(F)F)CC=CN1c1ccccc1. The smallest absolute Gasteiger partial charge is 0.423 e. The van der Waals surface area contributed by atoms with Gasteiger partial charge >= 0.3 is 12.1 Å². The van der Waals surface area contributed by atoms with Crippen molar-refractivity contribution in [3.05, 3.63) is 42.6 Å². The predicted molar refractivity (Wildman–Crippen MR) is 68.1 cm³/mol. The van der Waals surface area contributed by atoms with Crippen molar-refractivity contribution in [1.29, 1.82) is 0 Å². The molecule has 1 aromatic carbocycles. The van der Waals surface area contributed by atoms with Crippen molar-refractivity contribution in [3.63, 3.8) is 0 Å². The highest BCUT2D eigenvalue weighted by Crippen LogP contribution is 2.45. The summed E-state index contributed by atoms with van der Waals surface area (Å²) in [7, 11) is 0. The Morgan fingerprint density at radius 2 is 2.00 bits per heavy atom. The van der Waals surface area contributed by atoms with E-state index in [2.05, 4.69) is 4.74 Å². The van der Waals surface area contributed by atoms with E-state index >= 15 is 0 Å². The van der Waals surface area contributed by atoms with Gasteiger partial charge in [0.25, 0.3) is 0 Å². The number of para-hydroxylation sites is 1. The van der Waals surface area contributed by atoms with E-state index in [9.17, 15) is 18.0 Å². The first-order valence-electron chi connectivity index (χ1n) is 6.18. The normalized spacial score (nSPS) is 22.1. The molecule has 1 aliphatic heterocycles. The quantitative estimate of drug-likeness (QED) is 0.798. The van der Waals surface area contributed by atoms with Gasteiger partial charge in [0.2, 0.25) is 5.54 Å². The highest BCUT2D eigenvalue weighted by atomic mass is 19.4. The number of carbonyl (C=O) groups excluding carboxylic acids is 1. The molecule has 1 aliphatic rings. The lowest BCUT2D eigenvalue weighted by molar-refractivity contribution is -0.203. The van der Waals surface area contributed by atoms with E-state index in [4.69, 9.17) is 0 Å². The van der Waals surface area contributed by atoms with Gasteiger partial charge in [-0.3, -0.25) is 0 Å². The third kappa shape index (κ3) is 2.15. The minimum atomic E-state index is -4.74. The summed E-state index contributed by atoms with van der Waals surface area (Å²) < 4.78 is 45.3. The maximum absolute atomic E-state index is 13.5. The van der Waals surface area contributed by atoms with Crippen LogP contribution < -0.4 is 4.90 Å². The second-order valence-electron chi connectivity index (χ2n) is 4.37. The Morgan fingerprint density at radius 1 is 1.35 bits per heavy atom. The van der Waals surface area contributed by atoms with Crippen LogP contribution in [0.2, 0.25) is 0 Å². The van der Waals surface area contributed by atoms with Crippen LogP contribution in [-0.2, 0) is 9.53 Å². The molecule has 0 spiro atoms. The molecule has 0 unspecified atom stereocenters. The minimum absolute atomic E-state index is 0.0979. The van der Waals surface area contributed by atoms with E-state index in [0.717, 1.165) is 4.90 Å². The summed E-state index contributed by atoms with van der Waals surface area (Å²) in [6.07, 6.45) is -2.58. The van der Waals surface area contributed by atoms with Crippen molar-refractivity contribution in [2.75, 3.05) is 11.5 Å². The number of hydrogen-bond donors (Lipinski definition) is 0. The van der Waals surface area contributed by atoms with Gasteiger partial charge in [-0.05, 0) is 19.1 Å². The first-order valence-corrected chi connectivity index (χ1v) is 6.18. The van der Waals surface area contributed by atoms with Gasteiger partial charge < -0.3 is 9.64 Å². The number of nitrogens with zero attached hydrogens (tertiary/aromatic N) is 1. The molecular weight excluding hydrogens is 271 g/mol. The van der Waals surface area contributed by atoms with Crippen LogP contribution >= 0.6 is 0 Å². The average molecular weight is 285 g/mol. The van der Waals surface area contributed by atoms with E-state index in [1.54, 1.807) is 18.2 Å². The van der Waals surface area contributed by atoms with Crippen molar-refractivity contribution < 1.29 is 22.7 Å². The Balaban J connectivity index is 2.49. The van der Waals surface area contributed by atoms with Gasteiger partial charge in [-0.2, -0.15) is 13.2 Å². The van der Waals surface area contributed by atoms with Gasteiger partial charge in [0.15, 0.2) is 0 Å². The molecule has 0 N–H and O–H groups in total. The van der Waals surface area contributed by atoms with Crippen LogP contribution in [0.15, 0.2) is 42.6 Å². The Bertz CT molecular complexity index is 513. The summed E-state index contributed by atoms with van der Waals surface area (Å²) in [6.45, 7) is 1.39. The first-order chi connectivity index (χ1) is 9.43. The molecule has 2 rings (SSSR count). The number of carbonyl (C=O) groups is 1. The zero-order valence-corrected chi connectivity index (χ0v) is 10.9. The molecule has 0 aliphatic carbocycles. The Hall–Kier alpha value is -1.98. The topological polar surface area (TPSA) is 29.5 Å². The zero-order chi connectivity index (χ0) is 14.8. The van der Waals surface area contributed by atoms with Gasteiger partial charge in [0, 0.05) is 18.3 Å². The van der Waals surface area contributed by atoms with E-state index in [1.807, 2.05) is 0 Å². The summed E-state index contributed by atoms with van der Waals surface area (Å²) in [5, 5.41) is 0. The molecule has 6 heteroatoms. The number of halogens is 3. The van der Waals surface area contributed by atoms with Crippen LogP contribution in [0.5, 0.6) is 0 Å². The molecule has 0 fully saturated rings. The Morgan fingerprint density at radius 3 is 2.55 bits per heavy atom. The second kappa shape index (κ2) is 5.19. The van der Waals surface area contributed by atoms with Gasteiger partial charge in [-0.25, -0.2) is 4.79 Å². The molecule has 0 saturated carbocycles. The minimum Gasteiger partial charge on any atom is -0.464 e. The third-order valence-electron chi connectivity index (χ3n) is 3.20. The van der Waals surface area contributed by atoms with E-state index in [1.165, 1.54) is 31.3 Å². The number of anilines is 1. The molecule has 0 aromatic heterocycles.